The van der Waals surface area contributed by atoms with Gasteiger partial charge in [-0.15, -0.1) is 0 Å². The number of nitro groups is 1. The summed E-state index contributed by atoms with van der Waals surface area (Å²) >= 11 is 5.75. The van der Waals surface area contributed by atoms with Gasteiger partial charge in [-0.3, -0.25) is 10.1 Å². The smallest absolute Gasteiger partial charge is 0.274 e. The van der Waals surface area contributed by atoms with Crippen LogP contribution in [-0.4, -0.2) is 18.0 Å². The molecular formula is C10H11ClN2O2. The lowest BCUT2D eigenvalue weighted by Crippen LogP contribution is -2.09. The molecule has 5 heteroatoms. The molecule has 1 fully saturated rings. The van der Waals surface area contributed by atoms with Crippen molar-refractivity contribution >= 4 is 17.3 Å². The Morgan fingerprint density at radius 1 is 1.53 bits per heavy atom. The molecule has 1 aliphatic rings. The summed E-state index contributed by atoms with van der Waals surface area (Å²) < 4.78 is 0. The van der Waals surface area contributed by atoms with Crippen molar-refractivity contribution in [1.82, 2.24) is 5.32 Å². The number of nitro benzene ring substituents is 1. The van der Waals surface area contributed by atoms with Crippen molar-refractivity contribution in [3.05, 3.63) is 38.9 Å². The normalized spacial score (nSPS) is 20.5. The zero-order chi connectivity index (χ0) is 10.8. The highest BCUT2D eigenvalue weighted by Gasteiger charge is 2.24. The van der Waals surface area contributed by atoms with E-state index < -0.39 is 0 Å². The Bertz CT molecular complexity index is 389. The molecular weight excluding hydrogens is 216 g/mol. The van der Waals surface area contributed by atoms with E-state index in [9.17, 15) is 10.1 Å². The Kier molecular flexibility index (Phi) is 2.88. The average Bonchev–Trinajstić information content (AvgIpc) is 2.70. The van der Waals surface area contributed by atoms with Gasteiger partial charge in [-0.05, 0) is 19.0 Å². The van der Waals surface area contributed by atoms with Gasteiger partial charge in [0, 0.05) is 29.1 Å². The molecule has 1 N–H and O–H groups in total. The standard InChI is InChI=1S/C10H11ClN2O2/c11-8-1-2-9(7-3-4-12-6-7)10(5-8)13(14)15/h1-2,5,7,12H,3-4,6H2. The van der Waals surface area contributed by atoms with Gasteiger partial charge in [0.2, 0.25) is 0 Å². The number of hydrogen-bond acceptors (Lipinski definition) is 3. The molecule has 0 spiro atoms. The molecule has 1 aromatic carbocycles. The molecule has 0 bridgehead atoms. The third-order valence-electron chi connectivity index (χ3n) is 2.69. The van der Waals surface area contributed by atoms with Crippen LogP contribution in [0.25, 0.3) is 0 Å². The van der Waals surface area contributed by atoms with Crippen molar-refractivity contribution in [2.24, 2.45) is 0 Å². The summed E-state index contributed by atoms with van der Waals surface area (Å²) in [7, 11) is 0. The Hall–Kier alpha value is -1.13. The van der Waals surface area contributed by atoms with E-state index in [0.29, 0.717) is 5.02 Å². The van der Waals surface area contributed by atoms with Crippen molar-refractivity contribution in [1.29, 1.82) is 0 Å². The fourth-order valence-electron chi connectivity index (χ4n) is 1.94. The lowest BCUT2D eigenvalue weighted by atomic mass is 9.97. The molecule has 1 heterocycles. The van der Waals surface area contributed by atoms with Crippen LogP contribution in [0.3, 0.4) is 0 Å². The Balaban J connectivity index is 2.40. The molecule has 0 radical (unpaired) electrons. The summed E-state index contributed by atoms with van der Waals surface area (Å²) in [5.74, 6) is 0.239. The molecule has 80 valence electrons. The van der Waals surface area contributed by atoms with Crippen molar-refractivity contribution < 1.29 is 4.92 Å². The summed E-state index contributed by atoms with van der Waals surface area (Å²) in [6.07, 6.45) is 0.947. The maximum atomic E-state index is 10.9. The van der Waals surface area contributed by atoms with Gasteiger partial charge in [0.15, 0.2) is 0 Å². The number of benzene rings is 1. The van der Waals surface area contributed by atoms with E-state index >= 15 is 0 Å². The fraction of sp³-hybridized carbons (Fsp3) is 0.400. The summed E-state index contributed by atoms with van der Waals surface area (Å²) in [5.41, 5.74) is 0.922. The van der Waals surface area contributed by atoms with Crippen LogP contribution in [0.5, 0.6) is 0 Å². The van der Waals surface area contributed by atoms with Crippen LogP contribution in [0.1, 0.15) is 17.9 Å². The Morgan fingerprint density at radius 2 is 2.33 bits per heavy atom. The minimum Gasteiger partial charge on any atom is -0.316 e. The van der Waals surface area contributed by atoms with Crippen LogP contribution in [0, 0.1) is 10.1 Å². The SMILES string of the molecule is O=[N+]([O-])c1cc(Cl)ccc1C1CCNC1. The number of rotatable bonds is 2. The van der Waals surface area contributed by atoms with Crippen LogP contribution >= 0.6 is 11.6 Å². The molecule has 15 heavy (non-hydrogen) atoms. The zero-order valence-corrected chi connectivity index (χ0v) is 8.83. The number of nitrogens with one attached hydrogen (secondary N) is 1. The first kappa shape index (κ1) is 10.4. The van der Waals surface area contributed by atoms with Gasteiger partial charge in [0.25, 0.3) is 5.69 Å². The minimum absolute atomic E-state index is 0.135. The predicted molar refractivity (Wildman–Crippen MR) is 58.3 cm³/mol. The van der Waals surface area contributed by atoms with Crippen LogP contribution in [0.2, 0.25) is 5.02 Å². The minimum atomic E-state index is -0.362. The van der Waals surface area contributed by atoms with Crippen molar-refractivity contribution in [2.75, 3.05) is 13.1 Å². The maximum Gasteiger partial charge on any atom is 0.274 e. The second kappa shape index (κ2) is 4.16. The molecule has 1 saturated heterocycles. The summed E-state index contributed by atoms with van der Waals surface area (Å²) in [6.45, 7) is 1.73. The zero-order valence-electron chi connectivity index (χ0n) is 8.07. The van der Waals surface area contributed by atoms with E-state index in [2.05, 4.69) is 5.32 Å². The van der Waals surface area contributed by atoms with Crippen LogP contribution in [0.15, 0.2) is 18.2 Å². The van der Waals surface area contributed by atoms with Gasteiger partial charge in [-0.1, -0.05) is 17.7 Å². The third-order valence-corrected chi connectivity index (χ3v) is 2.92. The van der Waals surface area contributed by atoms with Crippen LogP contribution < -0.4 is 5.32 Å². The second-order valence-corrected chi connectivity index (χ2v) is 4.09. The lowest BCUT2D eigenvalue weighted by molar-refractivity contribution is -0.385. The van der Waals surface area contributed by atoms with Crippen molar-refractivity contribution in [3.63, 3.8) is 0 Å². The molecule has 4 nitrogen and oxygen atoms in total. The summed E-state index contributed by atoms with van der Waals surface area (Å²) in [6, 6.07) is 4.90. The number of halogens is 1. The first-order chi connectivity index (χ1) is 7.18. The number of hydrogen-bond donors (Lipinski definition) is 1. The first-order valence-corrected chi connectivity index (χ1v) is 5.21. The Morgan fingerprint density at radius 3 is 2.93 bits per heavy atom. The van der Waals surface area contributed by atoms with E-state index in [1.807, 2.05) is 0 Å². The van der Waals surface area contributed by atoms with E-state index in [0.717, 1.165) is 25.1 Å². The lowest BCUT2D eigenvalue weighted by Gasteiger charge is -2.09. The van der Waals surface area contributed by atoms with Crippen molar-refractivity contribution in [2.45, 2.75) is 12.3 Å². The molecule has 1 aromatic rings. The van der Waals surface area contributed by atoms with Gasteiger partial charge in [-0.25, -0.2) is 0 Å². The largest absolute Gasteiger partial charge is 0.316 e. The van der Waals surface area contributed by atoms with Gasteiger partial charge in [0.05, 0.1) is 4.92 Å². The van der Waals surface area contributed by atoms with Gasteiger partial charge in [0.1, 0.15) is 0 Å². The van der Waals surface area contributed by atoms with Gasteiger partial charge in [-0.2, -0.15) is 0 Å². The summed E-state index contributed by atoms with van der Waals surface area (Å²) in [4.78, 5) is 10.5. The monoisotopic (exact) mass is 226 g/mol. The molecule has 0 saturated carbocycles. The average molecular weight is 227 g/mol. The Labute approximate surface area is 92.4 Å². The fourth-order valence-corrected chi connectivity index (χ4v) is 2.11. The van der Waals surface area contributed by atoms with E-state index in [-0.39, 0.29) is 16.5 Å². The molecule has 1 unspecified atom stereocenters. The highest BCUT2D eigenvalue weighted by Crippen LogP contribution is 2.32. The molecule has 0 aliphatic carbocycles. The van der Waals surface area contributed by atoms with Crippen LogP contribution in [-0.2, 0) is 0 Å². The van der Waals surface area contributed by atoms with E-state index in [1.54, 1.807) is 12.1 Å². The second-order valence-electron chi connectivity index (χ2n) is 3.65. The molecule has 0 amide bonds. The molecule has 1 aliphatic heterocycles. The van der Waals surface area contributed by atoms with E-state index in [4.69, 9.17) is 11.6 Å². The topological polar surface area (TPSA) is 55.2 Å². The van der Waals surface area contributed by atoms with Crippen LogP contribution in [0.4, 0.5) is 5.69 Å². The third kappa shape index (κ3) is 2.11. The molecule has 0 aromatic heterocycles. The maximum absolute atomic E-state index is 10.9. The predicted octanol–water partition coefficient (Wildman–Crippen LogP) is 2.33. The summed E-state index contributed by atoms with van der Waals surface area (Å²) in [5, 5.41) is 14.5. The molecule has 1 atom stereocenters. The van der Waals surface area contributed by atoms with E-state index in [1.165, 1.54) is 6.07 Å². The molecule has 2 rings (SSSR count). The highest BCUT2D eigenvalue weighted by molar-refractivity contribution is 6.30. The number of nitrogens with zero attached hydrogens (tertiary/aromatic N) is 1. The van der Waals surface area contributed by atoms with Crippen molar-refractivity contribution in [3.8, 4) is 0 Å². The first-order valence-electron chi connectivity index (χ1n) is 4.83. The quantitative estimate of drug-likeness (QED) is 0.622. The highest BCUT2D eigenvalue weighted by atomic mass is 35.5. The van der Waals surface area contributed by atoms with Gasteiger partial charge < -0.3 is 5.32 Å². The van der Waals surface area contributed by atoms with Gasteiger partial charge >= 0.3 is 0 Å².